The molecule has 0 aliphatic carbocycles. The van der Waals surface area contributed by atoms with Crippen molar-refractivity contribution < 1.29 is 27.2 Å². The molecule has 0 unspecified atom stereocenters. The van der Waals surface area contributed by atoms with Crippen LogP contribution in [0.2, 0.25) is 0 Å². The summed E-state index contributed by atoms with van der Waals surface area (Å²) in [6.07, 6.45) is 4.69. The van der Waals surface area contributed by atoms with Crippen molar-refractivity contribution in [3.05, 3.63) is 96.1 Å². The number of carbonyl (C=O) groups is 1. The van der Waals surface area contributed by atoms with Crippen LogP contribution in [0.1, 0.15) is 54.4 Å². The highest BCUT2D eigenvalue weighted by atomic mass is 16.6. The third kappa shape index (κ3) is 2.97. The molecule has 28 heavy (non-hydrogen) atoms. The topological polar surface area (TPSA) is 78.9 Å². The highest BCUT2D eigenvalue weighted by Gasteiger charge is 2.49. The van der Waals surface area contributed by atoms with Gasteiger partial charge in [-0.1, -0.05) is 0 Å². The van der Waals surface area contributed by atoms with Crippen molar-refractivity contribution in [1.29, 1.82) is 0 Å². The summed E-state index contributed by atoms with van der Waals surface area (Å²) in [5.41, 5.74) is -1.76. The molecule has 6 heteroatoms. The molecule has 0 bridgehead atoms. The summed E-state index contributed by atoms with van der Waals surface area (Å²) in [7, 11) is 0. The summed E-state index contributed by atoms with van der Waals surface area (Å²) >= 11 is 0. The number of esters is 1. The molecule has 0 fully saturated rings. The Balaban J connectivity index is 1.90. The van der Waals surface area contributed by atoms with E-state index in [0.717, 1.165) is 0 Å². The second kappa shape index (κ2) is 6.64. The lowest BCUT2D eigenvalue weighted by molar-refractivity contribution is 0.00329. The minimum absolute atomic E-state index is 0.0824. The van der Waals surface area contributed by atoms with Crippen LogP contribution in [0.4, 0.5) is 0 Å². The van der Waals surface area contributed by atoms with Gasteiger partial charge in [-0.25, -0.2) is 4.79 Å². The lowest BCUT2D eigenvalue weighted by Gasteiger charge is -2.25. The highest BCUT2D eigenvalue weighted by molar-refractivity contribution is 5.86. The Bertz CT molecular complexity index is 943. The predicted molar refractivity (Wildman–Crippen MR) is 99.0 cm³/mol. The van der Waals surface area contributed by atoms with Crippen molar-refractivity contribution in [2.75, 3.05) is 0 Å². The maximum Gasteiger partial charge on any atom is 0.374 e. The van der Waals surface area contributed by atoms with Gasteiger partial charge in [0.25, 0.3) is 0 Å². The average Bonchev–Trinajstić information content (AvgIpc) is 3.43. The molecule has 0 aromatic carbocycles. The lowest BCUT2D eigenvalue weighted by atomic mass is 9.77. The van der Waals surface area contributed by atoms with Gasteiger partial charge in [-0.3, -0.25) is 0 Å². The van der Waals surface area contributed by atoms with E-state index in [9.17, 15) is 4.79 Å². The number of furan rings is 4. The van der Waals surface area contributed by atoms with Gasteiger partial charge in [0.15, 0.2) is 0 Å². The zero-order valence-electron chi connectivity index (χ0n) is 15.8. The van der Waals surface area contributed by atoms with Crippen LogP contribution in [0.5, 0.6) is 0 Å². The zero-order valence-corrected chi connectivity index (χ0v) is 15.8. The minimum atomic E-state index is -1.13. The Kier molecular flexibility index (Phi) is 4.26. The number of hydrogen-bond donors (Lipinski definition) is 0. The molecule has 0 saturated heterocycles. The van der Waals surface area contributed by atoms with E-state index < -0.39 is 17.0 Å². The molecular formula is C22H20O6. The van der Waals surface area contributed by atoms with Crippen LogP contribution < -0.4 is 0 Å². The van der Waals surface area contributed by atoms with Gasteiger partial charge in [0.2, 0.25) is 11.2 Å². The van der Waals surface area contributed by atoms with E-state index in [1.54, 1.807) is 88.1 Å². The highest BCUT2D eigenvalue weighted by Crippen LogP contribution is 2.46. The first-order chi connectivity index (χ1) is 13.4. The van der Waals surface area contributed by atoms with Crippen LogP contribution >= 0.6 is 0 Å². The van der Waals surface area contributed by atoms with Gasteiger partial charge >= 0.3 is 5.97 Å². The molecule has 4 aromatic rings. The fourth-order valence-corrected chi connectivity index (χ4v) is 3.18. The summed E-state index contributed by atoms with van der Waals surface area (Å²) < 4.78 is 28.7. The summed E-state index contributed by atoms with van der Waals surface area (Å²) in [5.74, 6) is 1.53. The maximum atomic E-state index is 12.5. The Morgan fingerprint density at radius 2 is 1.25 bits per heavy atom. The van der Waals surface area contributed by atoms with E-state index in [1.165, 1.54) is 0 Å². The van der Waals surface area contributed by atoms with Gasteiger partial charge < -0.3 is 22.4 Å². The molecular weight excluding hydrogens is 360 g/mol. The molecule has 0 radical (unpaired) electrons. The fourth-order valence-electron chi connectivity index (χ4n) is 3.18. The minimum Gasteiger partial charge on any atom is -0.467 e. The summed E-state index contributed by atoms with van der Waals surface area (Å²) in [6, 6.07) is 14.0. The molecule has 4 aromatic heterocycles. The van der Waals surface area contributed by atoms with Crippen molar-refractivity contribution in [3.63, 3.8) is 0 Å². The van der Waals surface area contributed by atoms with Gasteiger partial charge in [-0.2, -0.15) is 0 Å². The van der Waals surface area contributed by atoms with Crippen LogP contribution in [0.15, 0.2) is 85.0 Å². The molecule has 0 amide bonds. The van der Waals surface area contributed by atoms with Crippen molar-refractivity contribution in [3.8, 4) is 0 Å². The molecule has 144 valence electrons. The Morgan fingerprint density at radius 3 is 1.64 bits per heavy atom. The SMILES string of the molecule is CC(C)(C)OC(=O)c1ccc(C(c2ccco2)(c2ccco2)c2ccco2)o1. The van der Waals surface area contributed by atoms with Crippen LogP contribution in [0.3, 0.4) is 0 Å². The molecule has 0 aliphatic heterocycles. The van der Waals surface area contributed by atoms with Crippen molar-refractivity contribution in [2.24, 2.45) is 0 Å². The Morgan fingerprint density at radius 1 is 0.750 bits per heavy atom. The molecule has 6 nitrogen and oxygen atoms in total. The third-order valence-corrected chi connectivity index (χ3v) is 4.25. The quantitative estimate of drug-likeness (QED) is 0.432. The first-order valence-electron chi connectivity index (χ1n) is 8.87. The molecule has 0 saturated carbocycles. The first kappa shape index (κ1) is 18.0. The standard InChI is InChI=1S/C22H20O6/c1-21(2,3)28-20(23)15-10-11-19(27-15)22(16-7-4-12-24-16,17-8-5-13-25-17)18-9-6-14-26-18/h4-14H,1-3H3. The van der Waals surface area contributed by atoms with Crippen LogP contribution in [0, 0.1) is 0 Å². The summed E-state index contributed by atoms with van der Waals surface area (Å²) in [5, 5.41) is 0. The Labute approximate surface area is 161 Å². The van der Waals surface area contributed by atoms with E-state index in [2.05, 4.69) is 0 Å². The largest absolute Gasteiger partial charge is 0.467 e. The van der Waals surface area contributed by atoms with E-state index in [1.807, 2.05) is 0 Å². The van der Waals surface area contributed by atoms with Crippen LogP contribution in [-0.4, -0.2) is 11.6 Å². The summed E-state index contributed by atoms with van der Waals surface area (Å²) in [6.45, 7) is 5.40. The molecule has 4 rings (SSSR count). The maximum absolute atomic E-state index is 12.5. The van der Waals surface area contributed by atoms with Gasteiger partial charge in [0, 0.05) is 0 Å². The normalized spacial score (nSPS) is 12.2. The molecule has 0 spiro atoms. The van der Waals surface area contributed by atoms with Crippen LogP contribution in [0.25, 0.3) is 0 Å². The van der Waals surface area contributed by atoms with Gasteiger partial charge in [0.1, 0.15) is 28.6 Å². The number of carbonyl (C=O) groups excluding carboxylic acids is 1. The van der Waals surface area contributed by atoms with Crippen LogP contribution in [-0.2, 0) is 10.2 Å². The monoisotopic (exact) mass is 380 g/mol. The van der Waals surface area contributed by atoms with Crippen molar-refractivity contribution in [2.45, 2.75) is 31.8 Å². The lowest BCUT2D eigenvalue weighted by Crippen LogP contribution is -2.29. The van der Waals surface area contributed by atoms with Crippen molar-refractivity contribution >= 4 is 5.97 Å². The van der Waals surface area contributed by atoms with Gasteiger partial charge in [-0.15, -0.1) is 0 Å². The Hall–Kier alpha value is -3.41. The van der Waals surface area contributed by atoms with E-state index >= 15 is 0 Å². The van der Waals surface area contributed by atoms with E-state index in [-0.39, 0.29) is 5.76 Å². The number of hydrogen-bond acceptors (Lipinski definition) is 6. The van der Waals surface area contributed by atoms with E-state index in [0.29, 0.717) is 23.0 Å². The zero-order chi connectivity index (χ0) is 19.8. The van der Waals surface area contributed by atoms with Gasteiger partial charge in [-0.05, 0) is 69.3 Å². The second-order valence-electron chi connectivity index (χ2n) is 7.35. The molecule has 0 N–H and O–H groups in total. The summed E-state index contributed by atoms with van der Waals surface area (Å²) in [4.78, 5) is 12.5. The fraction of sp³-hybridized carbons (Fsp3) is 0.227. The van der Waals surface area contributed by atoms with Crippen molar-refractivity contribution in [1.82, 2.24) is 0 Å². The second-order valence-corrected chi connectivity index (χ2v) is 7.35. The number of rotatable bonds is 5. The third-order valence-electron chi connectivity index (χ3n) is 4.25. The molecule has 0 aliphatic rings. The molecule has 0 atom stereocenters. The smallest absolute Gasteiger partial charge is 0.374 e. The molecule has 4 heterocycles. The average molecular weight is 380 g/mol. The predicted octanol–water partition coefficient (Wildman–Crippen LogP) is 5.40. The number of ether oxygens (including phenoxy) is 1. The van der Waals surface area contributed by atoms with Gasteiger partial charge in [0.05, 0.1) is 18.8 Å². The first-order valence-corrected chi connectivity index (χ1v) is 8.87. The van der Waals surface area contributed by atoms with E-state index in [4.69, 9.17) is 22.4 Å².